The zero-order valence-electron chi connectivity index (χ0n) is 10.9. The molecule has 1 aromatic heterocycles. The molecule has 0 radical (unpaired) electrons. The first-order valence-electron chi connectivity index (χ1n) is 5.74. The SMILES string of the molecule is C#Cc1cnc(C)c(NS(=O)(=O)c2ccc(F)cc2F)c1. The topological polar surface area (TPSA) is 59.1 Å². The molecule has 21 heavy (non-hydrogen) atoms. The Morgan fingerprint density at radius 1 is 1.29 bits per heavy atom. The second kappa shape index (κ2) is 5.50. The van der Waals surface area contributed by atoms with Crippen LogP contribution in [0.1, 0.15) is 11.3 Å². The van der Waals surface area contributed by atoms with E-state index in [0.29, 0.717) is 17.3 Å². The van der Waals surface area contributed by atoms with Gasteiger partial charge in [-0.3, -0.25) is 9.71 Å². The quantitative estimate of drug-likeness (QED) is 0.886. The van der Waals surface area contributed by atoms with Gasteiger partial charge in [0.2, 0.25) is 0 Å². The molecule has 1 heterocycles. The number of nitrogens with zero attached hydrogens (tertiary/aromatic N) is 1. The minimum atomic E-state index is -4.21. The van der Waals surface area contributed by atoms with Crippen LogP contribution < -0.4 is 4.72 Å². The number of anilines is 1. The Hall–Kier alpha value is -2.46. The first-order valence-corrected chi connectivity index (χ1v) is 7.23. The van der Waals surface area contributed by atoms with Crippen LogP contribution in [0.15, 0.2) is 35.4 Å². The van der Waals surface area contributed by atoms with E-state index in [2.05, 4.69) is 15.6 Å². The number of terminal acetylenes is 1. The van der Waals surface area contributed by atoms with Gasteiger partial charge in [-0.2, -0.15) is 0 Å². The van der Waals surface area contributed by atoms with Crippen molar-refractivity contribution in [2.24, 2.45) is 0 Å². The molecule has 1 N–H and O–H groups in total. The van der Waals surface area contributed by atoms with Gasteiger partial charge in [0.15, 0.2) is 0 Å². The van der Waals surface area contributed by atoms with Crippen molar-refractivity contribution in [3.8, 4) is 12.3 Å². The highest BCUT2D eigenvalue weighted by molar-refractivity contribution is 7.92. The van der Waals surface area contributed by atoms with Crippen molar-refractivity contribution in [3.05, 3.63) is 53.4 Å². The van der Waals surface area contributed by atoms with Crippen LogP contribution in [0.4, 0.5) is 14.5 Å². The van der Waals surface area contributed by atoms with Crippen molar-refractivity contribution in [2.75, 3.05) is 4.72 Å². The van der Waals surface area contributed by atoms with E-state index in [1.54, 1.807) is 6.92 Å². The Kier molecular flexibility index (Phi) is 3.91. The van der Waals surface area contributed by atoms with Crippen LogP contribution in [-0.2, 0) is 10.0 Å². The average molecular weight is 308 g/mol. The first-order chi connectivity index (χ1) is 9.83. The molecule has 0 spiro atoms. The maximum atomic E-state index is 13.6. The molecule has 108 valence electrons. The molecule has 0 aliphatic rings. The molecule has 0 bridgehead atoms. The van der Waals surface area contributed by atoms with Crippen LogP contribution in [0.25, 0.3) is 0 Å². The molecule has 0 saturated carbocycles. The number of halogens is 2. The number of rotatable bonds is 3. The van der Waals surface area contributed by atoms with Crippen molar-refractivity contribution >= 4 is 15.7 Å². The van der Waals surface area contributed by atoms with E-state index in [0.717, 1.165) is 12.1 Å². The molecule has 0 aliphatic heterocycles. The Morgan fingerprint density at radius 2 is 2.00 bits per heavy atom. The molecule has 0 atom stereocenters. The fourth-order valence-corrected chi connectivity index (χ4v) is 2.78. The Bertz CT molecular complexity index is 843. The van der Waals surface area contributed by atoms with Crippen molar-refractivity contribution in [1.82, 2.24) is 4.98 Å². The number of aromatic nitrogens is 1. The average Bonchev–Trinajstić information content (AvgIpc) is 2.40. The third-order valence-electron chi connectivity index (χ3n) is 2.68. The summed E-state index contributed by atoms with van der Waals surface area (Å²) in [6.07, 6.45) is 6.62. The van der Waals surface area contributed by atoms with E-state index < -0.39 is 26.6 Å². The molecular formula is C14H10F2N2O2S. The summed E-state index contributed by atoms with van der Waals surface area (Å²) in [6, 6.07) is 3.61. The van der Waals surface area contributed by atoms with Crippen LogP contribution in [-0.4, -0.2) is 13.4 Å². The number of hydrogen-bond donors (Lipinski definition) is 1. The number of benzene rings is 1. The smallest absolute Gasteiger partial charge is 0.264 e. The van der Waals surface area contributed by atoms with Gasteiger partial charge in [-0.15, -0.1) is 6.42 Å². The largest absolute Gasteiger partial charge is 0.278 e. The molecule has 0 fully saturated rings. The van der Waals surface area contributed by atoms with E-state index in [-0.39, 0.29) is 5.69 Å². The summed E-state index contributed by atoms with van der Waals surface area (Å²) >= 11 is 0. The molecule has 0 unspecified atom stereocenters. The standard InChI is InChI=1S/C14H10F2N2O2S/c1-3-10-6-13(9(2)17-8-10)18-21(19,20)14-5-4-11(15)7-12(14)16/h1,4-8,18H,2H3. The van der Waals surface area contributed by atoms with E-state index in [1.165, 1.54) is 12.3 Å². The lowest BCUT2D eigenvalue weighted by atomic mass is 10.2. The predicted octanol–water partition coefficient (Wildman–Crippen LogP) is 2.45. The van der Waals surface area contributed by atoms with E-state index >= 15 is 0 Å². The molecule has 2 rings (SSSR count). The summed E-state index contributed by atoms with van der Waals surface area (Å²) in [6.45, 7) is 1.57. The van der Waals surface area contributed by atoms with Gasteiger partial charge < -0.3 is 0 Å². The number of nitrogens with one attached hydrogen (secondary N) is 1. The highest BCUT2D eigenvalue weighted by Crippen LogP contribution is 2.21. The first kappa shape index (κ1) is 14.9. The monoisotopic (exact) mass is 308 g/mol. The Labute approximate surface area is 120 Å². The van der Waals surface area contributed by atoms with Crippen LogP contribution in [0.5, 0.6) is 0 Å². The summed E-state index contributed by atoms with van der Waals surface area (Å²) < 4.78 is 52.9. The van der Waals surface area contributed by atoms with E-state index in [1.807, 2.05) is 0 Å². The molecule has 7 heteroatoms. The van der Waals surface area contributed by atoms with Crippen molar-refractivity contribution in [3.63, 3.8) is 0 Å². The van der Waals surface area contributed by atoms with Crippen LogP contribution >= 0.6 is 0 Å². The van der Waals surface area contributed by atoms with Gasteiger partial charge in [-0.05, 0) is 25.1 Å². The molecule has 2 aromatic rings. The van der Waals surface area contributed by atoms with Gasteiger partial charge in [0.05, 0.1) is 11.4 Å². The fourth-order valence-electron chi connectivity index (χ4n) is 1.61. The third kappa shape index (κ3) is 3.17. The summed E-state index contributed by atoms with van der Waals surface area (Å²) in [5.74, 6) is 0.276. The molecule has 0 aliphatic carbocycles. The van der Waals surface area contributed by atoms with Gasteiger partial charge in [0, 0.05) is 17.8 Å². The minimum absolute atomic E-state index is 0.133. The molecule has 1 aromatic carbocycles. The van der Waals surface area contributed by atoms with Gasteiger partial charge in [0.1, 0.15) is 16.5 Å². The molecular weight excluding hydrogens is 298 g/mol. The summed E-state index contributed by atoms with van der Waals surface area (Å²) in [5.41, 5.74) is 0.882. The molecule has 0 amide bonds. The lowest BCUT2D eigenvalue weighted by Crippen LogP contribution is -2.16. The zero-order chi connectivity index (χ0) is 15.6. The number of aryl methyl sites for hydroxylation is 1. The number of hydrogen-bond acceptors (Lipinski definition) is 3. The summed E-state index contributed by atoms with van der Waals surface area (Å²) in [5, 5.41) is 0. The van der Waals surface area contributed by atoms with E-state index in [9.17, 15) is 17.2 Å². The van der Waals surface area contributed by atoms with Crippen LogP contribution in [0, 0.1) is 30.9 Å². The number of sulfonamides is 1. The Balaban J connectivity index is 2.45. The van der Waals surface area contributed by atoms with Gasteiger partial charge in [0.25, 0.3) is 10.0 Å². The highest BCUT2D eigenvalue weighted by atomic mass is 32.2. The van der Waals surface area contributed by atoms with Gasteiger partial charge in [-0.1, -0.05) is 5.92 Å². The second-order valence-electron chi connectivity index (χ2n) is 4.18. The lowest BCUT2D eigenvalue weighted by Gasteiger charge is -2.11. The lowest BCUT2D eigenvalue weighted by molar-refractivity contribution is 0.551. The highest BCUT2D eigenvalue weighted by Gasteiger charge is 2.20. The second-order valence-corrected chi connectivity index (χ2v) is 5.83. The Morgan fingerprint density at radius 3 is 2.62 bits per heavy atom. The summed E-state index contributed by atoms with van der Waals surface area (Å²) in [4.78, 5) is 3.28. The van der Waals surface area contributed by atoms with Gasteiger partial charge in [-0.25, -0.2) is 17.2 Å². The number of pyridine rings is 1. The molecule has 4 nitrogen and oxygen atoms in total. The van der Waals surface area contributed by atoms with Crippen molar-refractivity contribution in [2.45, 2.75) is 11.8 Å². The van der Waals surface area contributed by atoms with Crippen LogP contribution in [0.3, 0.4) is 0 Å². The predicted molar refractivity (Wildman–Crippen MR) is 74.1 cm³/mol. The van der Waals surface area contributed by atoms with Gasteiger partial charge >= 0.3 is 0 Å². The minimum Gasteiger partial charge on any atom is -0.278 e. The van der Waals surface area contributed by atoms with Crippen molar-refractivity contribution in [1.29, 1.82) is 0 Å². The zero-order valence-corrected chi connectivity index (χ0v) is 11.7. The summed E-state index contributed by atoms with van der Waals surface area (Å²) in [7, 11) is -4.21. The maximum absolute atomic E-state index is 13.6. The van der Waals surface area contributed by atoms with Crippen LogP contribution in [0.2, 0.25) is 0 Å². The van der Waals surface area contributed by atoms with E-state index in [4.69, 9.17) is 6.42 Å². The normalized spacial score (nSPS) is 11.0. The fraction of sp³-hybridized carbons (Fsp3) is 0.0714. The maximum Gasteiger partial charge on any atom is 0.264 e. The molecule has 0 saturated heterocycles. The third-order valence-corrected chi connectivity index (χ3v) is 4.08. The van der Waals surface area contributed by atoms with Crippen molar-refractivity contribution < 1.29 is 17.2 Å².